The summed E-state index contributed by atoms with van der Waals surface area (Å²) in [6, 6.07) is 12.8. The Kier molecular flexibility index (Phi) is 3.98. The van der Waals surface area contributed by atoms with Crippen molar-refractivity contribution in [1.82, 2.24) is 24.9 Å². The van der Waals surface area contributed by atoms with Crippen molar-refractivity contribution >= 4 is 15.9 Å². The summed E-state index contributed by atoms with van der Waals surface area (Å²) in [4.78, 5) is 16.1. The molecule has 0 saturated heterocycles. The standard InChI is InChI=1S/C16H10BrN5O3/c17-11-5-3-4-10(8-11)15-20-19-13(24-15)9-22-14(21-25-16(22)23)12-6-1-2-7-18-12/h1-8H,9H2. The Bertz CT molecular complexity index is 1070. The van der Waals surface area contributed by atoms with E-state index in [9.17, 15) is 4.79 Å². The molecule has 3 heterocycles. The van der Waals surface area contributed by atoms with Crippen LogP contribution in [0.4, 0.5) is 0 Å². The van der Waals surface area contributed by atoms with E-state index in [1.54, 1.807) is 24.4 Å². The highest BCUT2D eigenvalue weighted by atomic mass is 79.9. The lowest BCUT2D eigenvalue weighted by Crippen LogP contribution is -2.16. The molecule has 4 rings (SSSR count). The molecule has 0 atom stereocenters. The van der Waals surface area contributed by atoms with Crippen LogP contribution in [-0.2, 0) is 6.54 Å². The lowest BCUT2D eigenvalue weighted by atomic mass is 10.2. The average Bonchev–Trinajstić information content (AvgIpc) is 3.24. The lowest BCUT2D eigenvalue weighted by Gasteiger charge is -2.00. The van der Waals surface area contributed by atoms with Gasteiger partial charge >= 0.3 is 5.76 Å². The first-order valence-corrected chi connectivity index (χ1v) is 8.06. The normalized spacial score (nSPS) is 10.9. The SMILES string of the molecule is O=c1onc(-c2ccccn2)n1Cc1nnc(-c2cccc(Br)c2)o1. The second-order valence-corrected chi connectivity index (χ2v) is 6.00. The van der Waals surface area contributed by atoms with E-state index in [-0.39, 0.29) is 12.4 Å². The van der Waals surface area contributed by atoms with E-state index in [0.29, 0.717) is 17.4 Å². The molecule has 8 nitrogen and oxygen atoms in total. The van der Waals surface area contributed by atoms with E-state index in [0.717, 1.165) is 10.0 Å². The van der Waals surface area contributed by atoms with Crippen LogP contribution in [-0.4, -0.2) is 24.9 Å². The molecule has 9 heteroatoms. The molecule has 4 aromatic rings. The number of rotatable bonds is 4. The van der Waals surface area contributed by atoms with Gasteiger partial charge in [0.1, 0.15) is 12.2 Å². The zero-order chi connectivity index (χ0) is 17.2. The monoisotopic (exact) mass is 399 g/mol. The van der Waals surface area contributed by atoms with Crippen LogP contribution in [0.15, 0.2) is 66.9 Å². The highest BCUT2D eigenvalue weighted by Gasteiger charge is 2.17. The third-order valence-corrected chi connectivity index (χ3v) is 3.91. The van der Waals surface area contributed by atoms with E-state index < -0.39 is 5.76 Å². The highest BCUT2D eigenvalue weighted by Crippen LogP contribution is 2.22. The Balaban J connectivity index is 1.66. The molecule has 1 aromatic carbocycles. The fourth-order valence-electron chi connectivity index (χ4n) is 2.28. The second kappa shape index (κ2) is 6.44. The molecule has 0 aliphatic heterocycles. The summed E-state index contributed by atoms with van der Waals surface area (Å²) in [7, 11) is 0. The summed E-state index contributed by atoms with van der Waals surface area (Å²) < 4.78 is 12.6. The minimum atomic E-state index is -0.622. The van der Waals surface area contributed by atoms with E-state index in [2.05, 4.69) is 36.3 Å². The zero-order valence-electron chi connectivity index (χ0n) is 12.7. The minimum absolute atomic E-state index is 0.0369. The third-order valence-electron chi connectivity index (χ3n) is 3.41. The predicted molar refractivity (Wildman–Crippen MR) is 90.5 cm³/mol. The fraction of sp³-hybridized carbons (Fsp3) is 0.0625. The van der Waals surface area contributed by atoms with Crippen LogP contribution in [0.5, 0.6) is 0 Å². The molecule has 3 aromatic heterocycles. The first-order valence-electron chi connectivity index (χ1n) is 7.27. The van der Waals surface area contributed by atoms with Crippen molar-refractivity contribution in [3.8, 4) is 23.0 Å². The molecule has 0 unspecified atom stereocenters. The Morgan fingerprint density at radius 3 is 2.84 bits per heavy atom. The van der Waals surface area contributed by atoms with Gasteiger partial charge in [-0.3, -0.25) is 9.51 Å². The van der Waals surface area contributed by atoms with Gasteiger partial charge < -0.3 is 4.42 Å². The number of nitrogens with zero attached hydrogens (tertiary/aromatic N) is 5. The molecule has 0 radical (unpaired) electrons. The number of aromatic nitrogens is 5. The van der Waals surface area contributed by atoms with Crippen molar-refractivity contribution < 1.29 is 8.94 Å². The van der Waals surface area contributed by atoms with Gasteiger partial charge in [0.05, 0.1) is 0 Å². The van der Waals surface area contributed by atoms with Gasteiger partial charge in [-0.2, -0.15) is 0 Å². The number of hydrogen-bond acceptors (Lipinski definition) is 7. The van der Waals surface area contributed by atoms with Gasteiger partial charge in [0.15, 0.2) is 0 Å². The maximum Gasteiger partial charge on any atom is 0.442 e. The largest absolute Gasteiger partial charge is 0.442 e. The quantitative estimate of drug-likeness (QED) is 0.519. The molecule has 0 spiro atoms. The molecular weight excluding hydrogens is 390 g/mol. The average molecular weight is 400 g/mol. The Morgan fingerprint density at radius 2 is 2.04 bits per heavy atom. The van der Waals surface area contributed by atoms with Gasteiger partial charge in [0, 0.05) is 16.2 Å². The van der Waals surface area contributed by atoms with Crippen LogP contribution >= 0.6 is 15.9 Å². The summed E-state index contributed by atoms with van der Waals surface area (Å²) in [6.45, 7) is 0.0369. The third kappa shape index (κ3) is 3.13. The molecule has 0 N–H and O–H groups in total. The van der Waals surface area contributed by atoms with Crippen LogP contribution in [0.25, 0.3) is 23.0 Å². The molecule has 0 bridgehead atoms. The van der Waals surface area contributed by atoms with Crippen LogP contribution in [0.3, 0.4) is 0 Å². The molecule has 0 aliphatic carbocycles. The van der Waals surface area contributed by atoms with Crippen LogP contribution in [0.2, 0.25) is 0 Å². The summed E-state index contributed by atoms with van der Waals surface area (Å²) in [5, 5.41) is 11.8. The summed E-state index contributed by atoms with van der Waals surface area (Å²) in [5.74, 6) is 0.299. The van der Waals surface area contributed by atoms with E-state index >= 15 is 0 Å². The van der Waals surface area contributed by atoms with Crippen molar-refractivity contribution in [1.29, 1.82) is 0 Å². The molecule has 0 saturated carbocycles. The predicted octanol–water partition coefficient (Wildman–Crippen LogP) is 2.76. The van der Waals surface area contributed by atoms with Crippen molar-refractivity contribution in [3.05, 3.63) is 69.6 Å². The summed E-state index contributed by atoms with van der Waals surface area (Å²) in [5.41, 5.74) is 1.29. The number of benzene rings is 1. The highest BCUT2D eigenvalue weighted by molar-refractivity contribution is 9.10. The Hall–Kier alpha value is -3.07. The Morgan fingerprint density at radius 1 is 1.12 bits per heavy atom. The van der Waals surface area contributed by atoms with Gasteiger partial charge in [-0.15, -0.1) is 10.2 Å². The fourth-order valence-corrected chi connectivity index (χ4v) is 2.68. The first kappa shape index (κ1) is 15.5. The van der Waals surface area contributed by atoms with Crippen LogP contribution in [0.1, 0.15) is 5.89 Å². The molecule has 0 fully saturated rings. The zero-order valence-corrected chi connectivity index (χ0v) is 14.3. The van der Waals surface area contributed by atoms with E-state index in [1.165, 1.54) is 4.57 Å². The first-order chi connectivity index (χ1) is 12.2. The van der Waals surface area contributed by atoms with Gasteiger partial charge in [0.25, 0.3) is 0 Å². The maximum absolute atomic E-state index is 11.9. The number of halogens is 1. The van der Waals surface area contributed by atoms with Crippen LogP contribution < -0.4 is 5.76 Å². The minimum Gasteiger partial charge on any atom is -0.419 e. The molecule has 25 heavy (non-hydrogen) atoms. The molecule has 124 valence electrons. The lowest BCUT2D eigenvalue weighted by molar-refractivity contribution is 0.373. The van der Waals surface area contributed by atoms with Crippen molar-refractivity contribution in [2.75, 3.05) is 0 Å². The van der Waals surface area contributed by atoms with E-state index in [4.69, 9.17) is 8.94 Å². The smallest absolute Gasteiger partial charge is 0.419 e. The second-order valence-electron chi connectivity index (χ2n) is 5.08. The van der Waals surface area contributed by atoms with Crippen LogP contribution in [0, 0.1) is 0 Å². The van der Waals surface area contributed by atoms with Crippen molar-refractivity contribution in [3.63, 3.8) is 0 Å². The van der Waals surface area contributed by atoms with Gasteiger partial charge in [0.2, 0.25) is 17.6 Å². The van der Waals surface area contributed by atoms with E-state index in [1.807, 2.05) is 24.3 Å². The summed E-state index contributed by atoms with van der Waals surface area (Å²) >= 11 is 3.40. The molecule has 0 aliphatic rings. The van der Waals surface area contributed by atoms with Crippen molar-refractivity contribution in [2.45, 2.75) is 6.54 Å². The molecular formula is C16H10BrN5O3. The topological polar surface area (TPSA) is 99.8 Å². The van der Waals surface area contributed by atoms with Gasteiger partial charge in [-0.05, 0) is 30.3 Å². The Labute approximate surface area is 149 Å². The molecule has 0 amide bonds. The van der Waals surface area contributed by atoms with Gasteiger partial charge in [-0.1, -0.05) is 33.2 Å². The summed E-state index contributed by atoms with van der Waals surface area (Å²) in [6.07, 6.45) is 1.61. The number of hydrogen-bond donors (Lipinski definition) is 0. The maximum atomic E-state index is 11.9. The number of pyridine rings is 1. The van der Waals surface area contributed by atoms with Gasteiger partial charge in [-0.25, -0.2) is 9.36 Å². The van der Waals surface area contributed by atoms with Crippen molar-refractivity contribution in [2.24, 2.45) is 0 Å².